The van der Waals surface area contributed by atoms with Crippen LogP contribution in [-0.4, -0.2) is 35.4 Å². The Hall–Kier alpha value is -1.56. The largest absolute Gasteiger partial charge is 0.395 e. The van der Waals surface area contributed by atoms with Gasteiger partial charge in [-0.25, -0.2) is 0 Å². The molecule has 1 amide bonds. The smallest absolute Gasteiger partial charge is 0.273 e. The number of rotatable bonds is 6. The zero-order valence-electron chi connectivity index (χ0n) is 12.1. The second kappa shape index (κ2) is 7.28. The lowest BCUT2D eigenvalue weighted by atomic mass is 10.1. The number of carbonyl (C=O) groups excluding carboxylic acids is 1. The van der Waals surface area contributed by atoms with Crippen molar-refractivity contribution in [2.75, 3.05) is 18.9 Å². The highest BCUT2D eigenvalue weighted by atomic mass is 16.5. The normalized spacial score (nSPS) is 18.9. The van der Waals surface area contributed by atoms with Crippen LogP contribution in [0.15, 0.2) is 0 Å². The summed E-state index contributed by atoms with van der Waals surface area (Å²) in [6.45, 7) is 3.49. The van der Waals surface area contributed by atoms with Crippen molar-refractivity contribution in [3.8, 4) is 0 Å². The van der Waals surface area contributed by atoms with Crippen LogP contribution in [-0.2, 0) is 11.2 Å². The molecular weight excluding hydrogens is 256 g/mol. The quantitative estimate of drug-likeness (QED) is 0.738. The number of anilines is 1. The topological polar surface area (TPSA) is 93.0 Å². The molecule has 2 heterocycles. The summed E-state index contributed by atoms with van der Waals surface area (Å²) >= 11 is 0. The molecule has 0 spiro atoms. The van der Waals surface area contributed by atoms with Gasteiger partial charge in [-0.15, -0.1) is 0 Å². The summed E-state index contributed by atoms with van der Waals surface area (Å²) in [5, 5.41) is 9.70. The fourth-order valence-electron chi connectivity index (χ4n) is 2.47. The molecule has 1 fully saturated rings. The summed E-state index contributed by atoms with van der Waals surface area (Å²) in [5.74, 6) is -0.211. The summed E-state index contributed by atoms with van der Waals surface area (Å²) in [6.07, 6.45) is 6.34. The molecule has 0 bridgehead atoms. The van der Waals surface area contributed by atoms with Crippen molar-refractivity contribution in [1.82, 2.24) is 15.5 Å². The van der Waals surface area contributed by atoms with Crippen LogP contribution < -0.4 is 11.1 Å². The number of nitrogen functional groups attached to an aromatic ring is 1. The Morgan fingerprint density at radius 1 is 1.55 bits per heavy atom. The van der Waals surface area contributed by atoms with E-state index in [-0.39, 0.29) is 12.0 Å². The number of hydrogen-bond acceptors (Lipinski definition) is 4. The van der Waals surface area contributed by atoms with Gasteiger partial charge in [0, 0.05) is 13.2 Å². The number of aromatic nitrogens is 2. The molecular formula is C14H24N4O2. The zero-order valence-corrected chi connectivity index (χ0v) is 12.1. The molecule has 1 aromatic rings. The summed E-state index contributed by atoms with van der Waals surface area (Å²) in [4.78, 5) is 12.0. The molecule has 4 N–H and O–H groups in total. The van der Waals surface area contributed by atoms with Crippen molar-refractivity contribution < 1.29 is 9.53 Å². The number of carbonyl (C=O) groups is 1. The molecule has 0 saturated carbocycles. The first kappa shape index (κ1) is 14.8. The molecule has 1 aliphatic rings. The third kappa shape index (κ3) is 3.72. The van der Waals surface area contributed by atoms with E-state index in [1.807, 2.05) is 0 Å². The van der Waals surface area contributed by atoms with Gasteiger partial charge in [-0.3, -0.25) is 9.89 Å². The maximum atomic E-state index is 12.0. The predicted octanol–water partition coefficient (Wildman–Crippen LogP) is 1.63. The van der Waals surface area contributed by atoms with Gasteiger partial charge in [-0.05, 0) is 32.1 Å². The molecule has 0 radical (unpaired) electrons. The Labute approximate surface area is 119 Å². The number of nitrogens with two attached hydrogens (primary N) is 1. The van der Waals surface area contributed by atoms with Crippen LogP contribution in [0.4, 0.5) is 5.69 Å². The summed E-state index contributed by atoms with van der Waals surface area (Å²) in [7, 11) is 0. The maximum absolute atomic E-state index is 12.0. The van der Waals surface area contributed by atoms with E-state index in [0.717, 1.165) is 44.4 Å². The first-order valence-corrected chi connectivity index (χ1v) is 7.45. The minimum atomic E-state index is -0.211. The fourth-order valence-corrected chi connectivity index (χ4v) is 2.47. The number of ether oxygens (including phenoxy) is 1. The number of nitrogens with zero attached hydrogens (tertiary/aromatic N) is 1. The van der Waals surface area contributed by atoms with Gasteiger partial charge in [-0.2, -0.15) is 5.10 Å². The molecule has 6 heteroatoms. The predicted molar refractivity (Wildman–Crippen MR) is 77.5 cm³/mol. The molecule has 1 aromatic heterocycles. The summed E-state index contributed by atoms with van der Waals surface area (Å²) < 4.78 is 5.63. The van der Waals surface area contributed by atoms with E-state index in [2.05, 4.69) is 22.4 Å². The Morgan fingerprint density at radius 2 is 2.40 bits per heavy atom. The fraction of sp³-hybridized carbons (Fsp3) is 0.714. The average Bonchev–Trinajstić information content (AvgIpc) is 2.82. The van der Waals surface area contributed by atoms with Crippen LogP contribution in [0, 0.1) is 0 Å². The number of H-pyrrole nitrogens is 1. The summed E-state index contributed by atoms with van der Waals surface area (Å²) in [6, 6.07) is 0. The van der Waals surface area contributed by atoms with E-state index < -0.39 is 0 Å². The highest BCUT2D eigenvalue weighted by Crippen LogP contribution is 2.16. The van der Waals surface area contributed by atoms with Crippen LogP contribution in [0.2, 0.25) is 0 Å². The van der Waals surface area contributed by atoms with Gasteiger partial charge < -0.3 is 15.8 Å². The SMILES string of the molecule is CCCc1[nH]nc(C(=O)NCCC2CCCCO2)c1N. The standard InChI is InChI=1S/C14H24N4O2/c1-2-5-11-12(15)13(18-17-11)14(19)16-8-7-10-6-3-4-9-20-10/h10H,2-9,15H2,1H3,(H,16,19)(H,17,18). The van der Waals surface area contributed by atoms with E-state index in [1.165, 1.54) is 6.42 Å². The van der Waals surface area contributed by atoms with E-state index in [9.17, 15) is 4.79 Å². The third-order valence-electron chi connectivity index (χ3n) is 3.62. The first-order valence-electron chi connectivity index (χ1n) is 7.45. The van der Waals surface area contributed by atoms with Crippen molar-refractivity contribution in [1.29, 1.82) is 0 Å². The van der Waals surface area contributed by atoms with E-state index in [4.69, 9.17) is 10.5 Å². The molecule has 1 saturated heterocycles. The van der Waals surface area contributed by atoms with Crippen LogP contribution in [0.1, 0.15) is 55.2 Å². The van der Waals surface area contributed by atoms with Crippen LogP contribution in [0.5, 0.6) is 0 Å². The van der Waals surface area contributed by atoms with Gasteiger partial charge in [0.2, 0.25) is 0 Å². The average molecular weight is 280 g/mol. The number of nitrogens with one attached hydrogen (secondary N) is 2. The van der Waals surface area contributed by atoms with Crippen molar-refractivity contribution >= 4 is 11.6 Å². The van der Waals surface area contributed by atoms with Gasteiger partial charge in [0.25, 0.3) is 5.91 Å². The molecule has 1 atom stereocenters. The lowest BCUT2D eigenvalue weighted by Crippen LogP contribution is -2.30. The van der Waals surface area contributed by atoms with Crippen molar-refractivity contribution in [3.63, 3.8) is 0 Å². The number of aromatic amines is 1. The third-order valence-corrected chi connectivity index (χ3v) is 3.62. The Morgan fingerprint density at radius 3 is 3.10 bits per heavy atom. The molecule has 2 rings (SSSR count). The van der Waals surface area contributed by atoms with Crippen LogP contribution in [0.25, 0.3) is 0 Å². The second-order valence-electron chi connectivity index (χ2n) is 5.25. The second-order valence-corrected chi connectivity index (χ2v) is 5.25. The first-order chi connectivity index (χ1) is 9.72. The highest BCUT2D eigenvalue weighted by molar-refractivity contribution is 5.97. The van der Waals surface area contributed by atoms with Gasteiger partial charge >= 0.3 is 0 Å². The Bertz CT molecular complexity index is 438. The van der Waals surface area contributed by atoms with Crippen molar-refractivity contribution in [2.24, 2.45) is 0 Å². The zero-order chi connectivity index (χ0) is 14.4. The van der Waals surface area contributed by atoms with Crippen LogP contribution in [0.3, 0.4) is 0 Å². The molecule has 0 aliphatic carbocycles. The molecule has 20 heavy (non-hydrogen) atoms. The number of hydrogen-bond donors (Lipinski definition) is 3. The lowest BCUT2D eigenvalue weighted by Gasteiger charge is -2.22. The summed E-state index contributed by atoms with van der Waals surface area (Å²) in [5.41, 5.74) is 7.54. The monoisotopic (exact) mass is 280 g/mol. The van der Waals surface area contributed by atoms with E-state index in [1.54, 1.807) is 0 Å². The van der Waals surface area contributed by atoms with Gasteiger partial charge in [0.15, 0.2) is 5.69 Å². The Kier molecular flexibility index (Phi) is 5.40. The van der Waals surface area contributed by atoms with E-state index >= 15 is 0 Å². The van der Waals surface area contributed by atoms with Gasteiger partial charge in [-0.1, -0.05) is 13.3 Å². The number of amides is 1. The molecule has 1 aliphatic heterocycles. The molecule has 1 unspecified atom stereocenters. The van der Waals surface area contributed by atoms with E-state index in [0.29, 0.717) is 17.9 Å². The molecule has 0 aromatic carbocycles. The minimum Gasteiger partial charge on any atom is -0.395 e. The molecule has 6 nitrogen and oxygen atoms in total. The Balaban J connectivity index is 1.79. The van der Waals surface area contributed by atoms with Gasteiger partial charge in [0.1, 0.15) is 0 Å². The van der Waals surface area contributed by atoms with Gasteiger partial charge in [0.05, 0.1) is 17.5 Å². The lowest BCUT2D eigenvalue weighted by molar-refractivity contribution is 0.0117. The minimum absolute atomic E-state index is 0.211. The highest BCUT2D eigenvalue weighted by Gasteiger charge is 2.18. The van der Waals surface area contributed by atoms with Crippen molar-refractivity contribution in [3.05, 3.63) is 11.4 Å². The molecule has 112 valence electrons. The maximum Gasteiger partial charge on any atom is 0.273 e. The number of aryl methyl sites for hydroxylation is 1. The van der Waals surface area contributed by atoms with Crippen LogP contribution >= 0.6 is 0 Å². The van der Waals surface area contributed by atoms with Crippen molar-refractivity contribution in [2.45, 2.75) is 51.6 Å².